The van der Waals surface area contributed by atoms with Crippen molar-refractivity contribution in [1.82, 2.24) is 4.90 Å². The van der Waals surface area contributed by atoms with Gasteiger partial charge in [-0.25, -0.2) is 0 Å². The Bertz CT molecular complexity index is 558. The molecule has 0 bridgehead atoms. The van der Waals surface area contributed by atoms with Crippen molar-refractivity contribution in [1.29, 1.82) is 0 Å². The molecule has 1 amide bonds. The summed E-state index contributed by atoms with van der Waals surface area (Å²) < 4.78 is 11.0. The molecule has 23 heavy (non-hydrogen) atoms. The van der Waals surface area contributed by atoms with Crippen molar-refractivity contribution in [2.75, 3.05) is 26.3 Å². The van der Waals surface area contributed by atoms with Crippen LogP contribution in [0.3, 0.4) is 0 Å². The Hall–Kier alpha value is -1.79. The highest BCUT2D eigenvalue weighted by molar-refractivity contribution is 5.95. The van der Waals surface area contributed by atoms with E-state index in [-0.39, 0.29) is 12.5 Å². The van der Waals surface area contributed by atoms with Crippen LogP contribution in [-0.2, 0) is 0 Å². The van der Waals surface area contributed by atoms with Crippen molar-refractivity contribution in [3.63, 3.8) is 0 Å². The van der Waals surface area contributed by atoms with Gasteiger partial charge in [-0.3, -0.25) is 4.79 Å². The fraction of sp³-hybridized carbons (Fsp3) is 0.588. The van der Waals surface area contributed by atoms with Gasteiger partial charge in [0.1, 0.15) is 0 Å². The quantitative estimate of drug-likeness (QED) is 0.857. The Labute approximate surface area is 136 Å². The van der Waals surface area contributed by atoms with Crippen LogP contribution in [0.15, 0.2) is 18.2 Å². The van der Waals surface area contributed by atoms with E-state index in [0.717, 1.165) is 0 Å². The molecule has 0 aliphatic carbocycles. The molecule has 1 heterocycles. The first-order valence-electron chi connectivity index (χ1n) is 7.98. The van der Waals surface area contributed by atoms with Crippen LogP contribution in [0, 0.1) is 0 Å². The molecule has 0 unspecified atom stereocenters. The van der Waals surface area contributed by atoms with Crippen LogP contribution in [0.2, 0.25) is 0 Å². The zero-order valence-electron chi connectivity index (χ0n) is 13.9. The van der Waals surface area contributed by atoms with Crippen LogP contribution in [0.25, 0.3) is 0 Å². The number of carbonyl (C=O) groups excluding carboxylic acids is 1. The van der Waals surface area contributed by atoms with Gasteiger partial charge in [-0.05, 0) is 45.4 Å². The number of hydrogen-bond acceptors (Lipinski definition) is 5. The molecule has 1 aromatic carbocycles. The lowest BCUT2D eigenvalue weighted by molar-refractivity contribution is -0.0999. The van der Waals surface area contributed by atoms with Crippen LogP contribution < -0.4 is 9.47 Å². The molecule has 1 saturated heterocycles. The van der Waals surface area contributed by atoms with Gasteiger partial charge >= 0.3 is 0 Å². The number of piperidine rings is 1. The molecule has 0 saturated carbocycles. The smallest absolute Gasteiger partial charge is 0.254 e. The number of carbonyl (C=O) groups is 1. The maximum absolute atomic E-state index is 12.6. The standard InChI is InChI=1S/C17H25NO5/c1-4-22-13-7-6-12(10-14(13)23-5-2)16(20)18-9-8-17(3,21)15(19)11-18/h6-7,10,15,19,21H,4-5,8-9,11H2,1-3H3/t15-,17+/m0/s1. The van der Waals surface area contributed by atoms with E-state index in [1.807, 2.05) is 13.8 Å². The lowest BCUT2D eigenvalue weighted by atomic mass is 9.90. The highest BCUT2D eigenvalue weighted by Gasteiger charge is 2.38. The zero-order chi connectivity index (χ0) is 17.0. The third-order valence-electron chi connectivity index (χ3n) is 4.08. The van der Waals surface area contributed by atoms with E-state index in [4.69, 9.17) is 9.47 Å². The fourth-order valence-electron chi connectivity index (χ4n) is 2.58. The van der Waals surface area contributed by atoms with E-state index >= 15 is 0 Å². The zero-order valence-corrected chi connectivity index (χ0v) is 13.9. The van der Waals surface area contributed by atoms with Crippen LogP contribution in [0.1, 0.15) is 37.6 Å². The largest absolute Gasteiger partial charge is 0.490 e. The van der Waals surface area contributed by atoms with Crippen molar-refractivity contribution in [3.05, 3.63) is 23.8 Å². The number of hydrogen-bond donors (Lipinski definition) is 2. The molecule has 0 aromatic heterocycles. The minimum Gasteiger partial charge on any atom is -0.490 e. The number of ether oxygens (including phenoxy) is 2. The molecule has 6 nitrogen and oxygen atoms in total. The predicted molar refractivity (Wildman–Crippen MR) is 85.9 cm³/mol. The maximum atomic E-state index is 12.6. The van der Waals surface area contributed by atoms with E-state index in [1.165, 1.54) is 0 Å². The Morgan fingerprint density at radius 3 is 2.57 bits per heavy atom. The Kier molecular flexibility index (Phi) is 5.49. The number of likely N-dealkylation sites (tertiary alicyclic amines) is 1. The third-order valence-corrected chi connectivity index (χ3v) is 4.08. The van der Waals surface area contributed by atoms with E-state index in [1.54, 1.807) is 30.0 Å². The topological polar surface area (TPSA) is 79.2 Å². The molecule has 1 fully saturated rings. The van der Waals surface area contributed by atoms with Gasteiger partial charge in [0.2, 0.25) is 0 Å². The number of amides is 1. The average molecular weight is 323 g/mol. The second-order valence-electron chi connectivity index (χ2n) is 5.90. The van der Waals surface area contributed by atoms with Gasteiger partial charge in [0.25, 0.3) is 5.91 Å². The SMILES string of the molecule is CCOc1ccc(C(=O)N2CC[C@@](C)(O)[C@@H](O)C2)cc1OCC. The molecular formula is C17H25NO5. The molecule has 0 spiro atoms. The molecule has 128 valence electrons. The van der Waals surface area contributed by atoms with Gasteiger partial charge in [-0.1, -0.05) is 0 Å². The minimum absolute atomic E-state index is 0.114. The predicted octanol–water partition coefficient (Wildman–Crippen LogP) is 1.44. The third kappa shape index (κ3) is 3.95. The molecule has 0 radical (unpaired) electrons. The number of rotatable bonds is 5. The normalized spacial score (nSPS) is 24.4. The average Bonchev–Trinajstić information content (AvgIpc) is 2.51. The summed E-state index contributed by atoms with van der Waals surface area (Å²) in [6, 6.07) is 5.07. The molecule has 6 heteroatoms. The van der Waals surface area contributed by atoms with Crippen molar-refractivity contribution >= 4 is 5.91 Å². The summed E-state index contributed by atoms with van der Waals surface area (Å²) in [7, 11) is 0. The van der Waals surface area contributed by atoms with Gasteiger partial charge in [0.15, 0.2) is 11.5 Å². The highest BCUT2D eigenvalue weighted by Crippen LogP contribution is 2.30. The summed E-state index contributed by atoms with van der Waals surface area (Å²) in [5.41, 5.74) is -0.669. The minimum atomic E-state index is -1.15. The molecule has 1 aromatic rings. The summed E-state index contributed by atoms with van der Waals surface area (Å²) >= 11 is 0. The Balaban J connectivity index is 2.17. The number of β-amino-alcohol motifs (C(OH)–C–C–N with tert-alkyl or cyclic N) is 1. The summed E-state index contributed by atoms with van der Waals surface area (Å²) in [6.45, 7) is 6.85. The number of benzene rings is 1. The molecule has 2 atom stereocenters. The Morgan fingerprint density at radius 1 is 1.30 bits per heavy atom. The molecule has 2 rings (SSSR count). The van der Waals surface area contributed by atoms with Gasteiger partial charge in [0, 0.05) is 18.7 Å². The van der Waals surface area contributed by atoms with Crippen LogP contribution in [-0.4, -0.2) is 59.0 Å². The maximum Gasteiger partial charge on any atom is 0.254 e. The summed E-state index contributed by atoms with van der Waals surface area (Å²) in [5, 5.41) is 20.0. The molecule has 2 N–H and O–H groups in total. The van der Waals surface area contributed by atoms with E-state index in [0.29, 0.717) is 43.2 Å². The summed E-state index contributed by atoms with van der Waals surface area (Å²) in [6.07, 6.45) is -0.607. The second kappa shape index (κ2) is 7.19. The molecule has 1 aliphatic rings. The summed E-state index contributed by atoms with van der Waals surface area (Å²) in [5.74, 6) is 0.945. The van der Waals surface area contributed by atoms with Gasteiger partial charge in [0.05, 0.1) is 24.9 Å². The molecular weight excluding hydrogens is 298 g/mol. The number of nitrogens with zero attached hydrogens (tertiary/aromatic N) is 1. The van der Waals surface area contributed by atoms with Crippen molar-refractivity contribution in [2.45, 2.75) is 38.9 Å². The lowest BCUT2D eigenvalue weighted by Crippen LogP contribution is -2.55. The first-order chi connectivity index (χ1) is 10.9. The second-order valence-corrected chi connectivity index (χ2v) is 5.90. The first kappa shape index (κ1) is 17.6. The van der Waals surface area contributed by atoms with Crippen LogP contribution in [0.5, 0.6) is 11.5 Å². The first-order valence-corrected chi connectivity index (χ1v) is 7.98. The van der Waals surface area contributed by atoms with E-state index in [9.17, 15) is 15.0 Å². The van der Waals surface area contributed by atoms with Gasteiger partial charge in [-0.15, -0.1) is 0 Å². The lowest BCUT2D eigenvalue weighted by Gasteiger charge is -2.39. The van der Waals surface area contributed by atoms with E-state index in [2.05, 4.69) is 0 Å². The van der Waals surface area contributed by atoms with E-state index < -0.39 is 11.7 Å². The Morgan fingerprint density at radius 2 is 1.96 bits per heavy atom. The van der Waals surface area contributed by atoms with Gasteiger partial charge < -0.3 is 24.6 Å². The van der Waals surface area contributed by atoms with Crippen molar-refractivity contribution in [2.24, 2.45) is 0 Å². The van der Waals surface area contributed by atoms with Crippen molar-refractivity contribution in [3.8, 4) is 11.5 Å². The summed E-state index contributed by atoms with van der Waals surface area (Å²) in [4.78, 5) is 14.2. The van der Waals surface area contributed by atoms with Crippen molar-refractivity contribution < 1.29 is 24.5 Å². The van der Waals surface area contributed by atoms with Crippen LogP contribution in [0.4, 0.5) is 0 Å². The van der Waals surface area contributed by atoms with Crippen LogP contribution >= 0.6 is 0 Å². The number of aliphatic hydroxyl groups excluding tert-OH is 1. The number of aliphatic hydroxyl groups is 2. The fourth-order valence-corrected chi connectivity index (χ4v) is 2.58. The highest BCUT2D eigenvalue weighted by atomic mass is 16.5. The molecule has 1 aliphatic heterocycles. The van der Waals surface area contributed by atoms with Gasteiger partial charge in [-0.2, -0.15) is 0 Å². The monoisotopic (exact) mass is 323 g/mol.